The molecule has 0 bridgehead atoms. The molecule has 4 nitrogen and oxygen atoms in total. The van der Waals surface area contributed by atoms with Crippen LogP contribution < -0.4 is 4.72 Å². The number of aliphatic carboxylic acids is 1. The van der Waals surface area contributed by atoms with E-state index < -0.39 is 39.5 Å². The van der Waals surface area contributed by atoms with Crippen LogP contribution in [-0.2, 0) is 15.8 Å². The number of carboxylic acids is 1. The van der Waals surface area contributed by atoms with Gasteiger partial charge in [-0.05, 0) is 38.5 Å². The fourth-order valence-corrected chi connectivity index (χ4v) is 2.27. The highest BCUT2D eigenvalue weighted by Gasteiger charge is 2.49. The topological polar surface area (TPSA) is 66.4 Å². The molecule has 0 heterocycles. The highest BCUT2D eigenvalue weighted by Crippen LogP contribution is 2.33. The molecule has 21 heavy (non-hydrogen) atoms. The molecule has 8 heteroatoms. The molecule has 0 aliphatic heterocycles. The second-order valence-electron chi connectivity index (χ2n) is 5.41. The van der Waals surface area contributed by atoms with E-state index in [1.54, 1.807) is 20.8 Å². The number of nitrogens with one attached hydrogen (secondary N) is 1. The Labute approximate surface area is 122 Å². The van der Waals surface area contributed by atoms with Crippen molar-refractivity contribution in [2.45, 2.75) is 37.5 Å². The molecule has 0 saturated carbocycles. The molecule has 118 valence electrons. The highest BCUT2D eigenvalue weighted by atomic mass is 32.2. The fourth-order valence-electron chi connectivity index (χ4n) is 1.41. The van der Waals surface area contributed by atoms with E-state index in [0.717, 1.165) is 24.3 Å². The number of rotatable bonds is 5. The van der Waals surface area contributed by atoms with Crippen molar-refractivity contribution in [1.82, 2.24) is 4.72 Å². The van der Waals surface area contributed by atoms with Crippen LogP contribution in [0.1, 0.15) is 32.4 Å². The molecule has 0 radical (unpaired) electrons. The second-order valence-corrected chi connectivity index (χ2v) is 7.41. The van der Waals surface area contributed by atoms with E-state index in [1.807, 2.05) is 0 Å². The molecule has 0 unspecified atom stereocenters. The molecule has 0 fully saturated rings. The average molecular weight is 323 g/mol. The summed E-state index contributed by atoms with van der Waals surface area (Å²) in [5.41, 5.74) is -0.165. The predicted octanol–water partition coefficient (Wildman–Crippen LogP) is 2.64. The van der Waals surface area contributed by atoms with Crippen molar-refractivity contribution in [3.8, 4) is 0 Å². The zero-order valence-corrected chi connectivity index (χ0v) is 12.5. The Bertz CT molecular complexity index is 541. The number of benzene rings is 1. The van der Waals surface area contributed by atoms with Gasteiger partial charge in [-0.3, -0.25) is 0 Å². The van der Waals surface area contributed by atoms with Gasteiger partial charge in [0.05, 0.1) is 15.7 Å². The van der Waals surface area contributed by atoms with Gasteiger partial charge in [0, 0.05) is 0 Å². The van der Waals surface area contributed by atoms with Crippen molar-refractivity contribution in [2.75, 3.05) is 0 Å². The number of carboxylic acid groups (broad SMARTS) is 1. The Hall–Kier alpha value is -1.41. The van der Waals surface area contributed by atoms with E-state index in [1.165, 1.54) is 0 Å². The van der Waals surface area contributed by atoms with Gasteiger partial charge in [0.25, 0.3) is 0 Å². The van der Waals surface area contributed by atoms with E-state index in [9.17, 15) is 22.2 Å². The van der Waals surface area contributed by atoms with Gasteiger partial charge in [-0.1, -0.05) is 12.1 Å². The van der Waals surface area contributed by atoms with Crippen LogP contribution in [0.4, 0.5) is 13.2 Å². The van der Waals surface area contributed by atoms with Crippen LogP contribution in [-0.4, -0.2) is 26.0 Å². The molecule has 2 atom stereocenters. The number of carbonyl (C=O) groups is 1. The van der Waals surface area contributed by atoms with Gasteiger partial charge in [0.15, 0.2) is 0 Å². The Balaban J connectivity index is 3.21. The normalized spacial score (nSPS) is 15.5. The van der Waals surface area contributed by atoms with Crippen molar-refractivity contribution in [3.05, 3.63) is 35.6 Å². The van der Waals surface area contributed by atoms with Crippen molar-refractivity contribution >= 4 is 17.0 Å². The summed E-state index contributed by atoms with van der Waals surface area (Å²) in [6.07, 6.45) is 0. The number of alkyl halides is 2. The third-order valence-corrected chi connectivity index (χ3v) is 4.19. The van der Waals surface area contributed by atoms with Crippen molar-refractivity contribution < 1.29 is 27.3 Å². The lowest BCUT2D eigenvalue weighted by Gasteiger charge is -2.28. The summed E-state index contributed by atoms with van der Waals surface area (Å²) >= 11 is 0. The van der Waals surface area contributed by atoms with E-state index in [0.29, 0.717) is 0 Å². The Morgan fingerprint density at radius 1 is 1.24 bits per heavy atom. The maximum Gasteiger partial charge on any atom is 0.376 e. The standard InChI is InChI=1S/C13H16F3NO3S/c1-12(2,3)21(20)17-10(13(15,16)11(18)19)8-4-6-9(14)7-5-8/h4-7,10,17H,1-3H3,(H,18,19)/t10-,21+/m1/s1. The second kappa shape index (κ2) is 6.15. The molecule has 1 aromatic rings. The summed E-state index contributed by atoms with van der Waals surface area (Å²) in [6, 6.07) is 1.90. The molecule has 1 rings (SSSR count). The summed E-state index contributed by atoms with van der Waals surface area (Å²) in [5, 5.41) is 8.68. The Morgan fingerprint density at radius 2 is 1.71 bits per heavy atom. The van der Waals surface area contributed by atoms with Gasteiger partial charge in [-0.2, -0.15) is 8.78 Å². The molecule has 0 amide bonds. The van der Waals surface area contributed by atoms with Gasteiger partial charge in [0.2, 0.25) is 0 Å². The molecule has 0 aliphatic rings. The maximum absolute atomic E-state index is 13.9. The van der Waals surface area contributed by atoms with Crippen molar-refractivity contribution in [1.29, 1.82) is 0 Å². The van der Waals surface area contributed by atoms with Gasteiger partial charge >= 0.3 is 11.9 Å². The quantitative estimate of drug-likeness (QED) is 0.875. The van der Waals surface area contributed by atoms with Gasteiger partial charge in [0.1, 0.15) is 11.9 Å². The molecule has 0 aliphatic carbocycles. The molecule has 0 saturated heterocycles. The van der Waals surface area contributed by atoms with Crippen molar-refractivity contribution in [2.24, 2.45) is 0 Å². The van der Waals surface area contributed by atoms with Crippen LogP contribution in [0.25, 0.3) is 0 Å². The first-order valence-corrected chi connectivity index (χ1v) is 7.16. The van der Waals surface area contributed by atoms with E-state index in [4.69, 9.17) is 5.11 Å². The van der Waals surface area contributed by atoms with Crippen LogP contribution >= 0.6 is 0 Å². The van der Waals surface area contributed by atoms with Crippen molar-refractivity contribution in [3.63, 3.8) is 0 Å². The molecule has 2 N–H and O–H groups in total. The summed E-state index contributed by atoms with van der Waals surface area (Å²) in [7, 11) is -1.92. The zero-order chi connectivity index (χ0) is 16.4. The van der Waals surface area contributed by atoms with Gasteiger partial charge in [-0.25, -0.2) is 18.1 Å². The third kappa shape index (κ3) is 4.28. The lowest BCUT2D eigenvalue weighted by molar-refractivity contribution is -0.168. The Kier molecular flexibility index (Phi) is 5.16. The van der Waals surface area contributed by atoms with Crippen LogP contribution in [0, 0.1) is 5.82 Å². The minimum Gasteiger partial charge on any atom is -0.477 e. The van der Waals surface area contributed by atoms with E-state index in [2.05, 4.69) is 4.72 Å². The van der Waals surface area contributed by atoms with E-state index >= 15 is 0 Å². The maximum atomic E-state index is 13.9. The number of halogens is 3. The highest BCUT2D eigenvalue weighted by molar-refractivity contribution is 7.84. The lowest BCUT2D eigenvalue weighted by Crippen LogP contribution is -2.47. The minimum atomic E-state index is -4.20. The van der Waals surface area contributed by atoms with E-state index in [-0.39, 0.29) is 5.56 Å². The molecule has 0 spiro atoms. The Morgan fingerprint density at radius 3 is 2.10 bits per heavy atom. The molecule has 0 aromatic heterocycles. The van der Waals surface area contributed by atoms with Crippen LogP contribution in [0.5, 0.6) is 0 Å². The third-order valence-electron chi connectivity index (χ3n) is 2.63. The number of hydrogen-bond donors (Lipinski definition) is 2. The number of hydrogen-bond acceptors (Lipinski definition) is 2. The summed E-state index contributed by atoms with van der Waals surface area (Å²) in [4.78, 5) is 10.8. The first-order valence-electron chi connectivity index (χ1n) is 6.01. The largest absolute Gasteiger partial charge is 0.477 e. The first-order chi connectivity index (χ1) is 9.46. The smallest absolute Gasteiger partial charge is 0.376 e. The summed E-state index contributed by atoms with van der Waals surface area (Å²) < 4.78 is 53.8. The zero-order valence-electron chi connectivity index (χ0n) is 11.7. The lowest BCUT2D eigenvalue weighted by atomic mass is 10.0. The first kappa shape index (κ1) is 17.6. The molecular formula is C13H16F3NO3S. The summed E-state index contributed by atoms with van der Waals surface area (Å²) in [5.74, 6) is -7.19. The fraction of sp³-hybridized carbons (Fsp3) is 0.462. The summed E-state index contributed by atoms with van der Waals surface area (Å²) in [6.45, 7) is 4.66. The van der Waals surface area contributed by atoms with Crippen LogP contribution in [0.2, 0.25) is 0 Å². The van der Waals surface area contributed by atoms with Crippen LogP contribution in [0.3, 0.4) is 0 Å². The molecular weight excluding hydrogens is 307 g/mol. The van der Waals surface area contributed by atoms with Crippen LogP contribution in [0.15, 0.2) is 24.3 Å². The monoisotopic (exact) mass is 323 g/mol. The molecule has 1 aromatic carbocycles. The average Bonchev–Trinajstić information content (AvgIpc) is 2.35. The van der Waals surface area contributed by atoms with Gasteiger partial charge < -0.3 is 5.11 Å². The van der Waals surface area contributed by atoms with Gasteiger partial charge in [-0.15, -0.1) is 0 Å². The SMILES string of the molecule is CC(C)(C)[S@](=O)N[C@H](c1ccc(F)cc1)C(F)(F)C(=O)O. The predicted molar refractivity (Wildman–Crippen MR) is 72.8 cm³/mol. The minimum absolute atomic E-state index is 0.165.